The minimum Gasteiger partial charge on any atom is -0.490 e. The van der Waals surface area contributed by atoms with Gasteiger partial charge in [0, 0.05) is 10.6 Å². The van der Waals surface area contributed by atoms with Gasteiger partial charge in [0.25, 0.3) is 0 Å². The number of ketones is 1. The third-order valence-corrected chi connectivity index (χ3v) is 4.39. The second kappa shape index (κ2) is 9.78. The van der Waals surface area contributed by atoms with E-state index in [0.29, 0.717) is 40.9 Å². The summed E-state index contributed by atoms with van der Waals surface area (Å²) in [4.78, 5) is 24.4. The number of carbonyl (C=O) groups excluding carboxylic acids is 2. The van der Waals surface area contributed by atoms with Crippen molar-refractivity contribution in [2.45, 2.75) is 13.8 Å². The number of halogens is 2. The van der Waals surface area contributed by atoms with Crippen LogP contribution >= 0.6 is 34.2 Å². The average Bonchev–Trinajstić information content (AvgIpc) is 2.62. The largest absolute Gasteiger partial charge is 0.490 e. The van der Waals surface area contributed by atoms with E-state index in [1.807, 2.05) is 13.8 Å². The third-order valence-electron chi connectivity index (χ3n) is 3.33. The molecule has 2 aromatic carbocycles. The van der Waals surface area contributed by atoms with Gasteiger partial charge in [-0.15, -0.1) is 0 Å². The molecule has 138 valence electrons. The van der Waals surface area contributed by atoms with Crippen LogP contribution in [-0.2, 0) is 4.74 Å². The smallest absolute Gasteiger partial charge is 0.338 e. The Morgan fingerprint density at radius 3 is 2.27 bits per heavy atom. The van der Waals surface area contributed by atoms with E-state index >= 15 is 0 Å². The quantitative estimate of drug-likeness (QED) is 0.304. The molecule has 0 aromatic heterocycles. The number of hydrogen-bond acceptors (Lipinski definition) is 5. The van der Waals surface area contributed by atoms with E-state index in [0.717, 1.165) is 3.57 Å². The fourth-order valence-electron chi connectivity index (χ4n) is 2.17. The van der Waals surface area contributed by atoms with Crippen LogP contribution in [-0.4, -0.2) is 31.6 Å². The van der Waals surface area contributed by atoms with Crippen LogP contribution in [0.3, 0.4) is 0 Å². The average molecular weight is 489 g/mol. The van der Waals surface area contributed by atoms with Crippen molar-refractivity contribution in [2.24, 2.45) is 0 Å². The van der Waals surface area contributed by atoms with Gasteiger partial charge in [-0.3, -0.25) is 4.79 Å². The molecule has 0 fully saturated rings. The van der Waals surface area contributed by atoms with Gasteiger partial charge in [0.05, 0.1) is 22.3 Å². The summed E-state index contributed by atoms with van der Waals surface area (Å²) < 4.78 is 17.0. The van der Waals surface area contributed by atoms with Crippen molar-refractivity contribution in [1.29, 1.82) is 0 Å². The van der Waals surface area contributed by atoms with Gasteiger partial charge in [0.2, 0.25) is 0 Å². The molecule has 0 N–H and O–H groups in total. The fourth-order valence-corrected chi connectivity index (χ4v) is 3.05. The van der Waals surface area contributed by atoms with Crippen molar-refractivity contribution < 1.29 is 23.8 Å². The molecule has 2 rings (SSSR count). The lowest BCUT2D eigenvalue weighted by Gasteiger charge is -2.14. The summed E-state index contributed by atoms with van der Waals surface area (Å²) in [6.45, 7) is 4.28. The zero-order valence-electron chi connectivity index (χ0n) is 14.4. The van der Waals surface area contributed by atoms with Gasteiger partial charge in [-0.05, 0) is 72.8 Å². The van der Waals surface area contributed by atoms with Crippen molar-refractivity contribution in [3.63, 3.8) is 0 Å². The van der Waals surface area contributed by atoms with Crippen LogP contribution in [0.4, 0.5) is 0 Å². The lowest BCUT2D eigenvalue weighted by molar-refractivity contribution is 0.0474. The van der Waals surface area contributed by atoms with E-state index in [1.165, 1.54) is 0 Å². The van der Waals surface area contributed by atoms with Crippen LogP contribution in [0.25, 0.3) is 0 Å². The third kappa shape index (κ3) is 5.35. The van der Waals surface area contributed by atoms with Crippen LogP contribution in [0.15, 0.2) is 36.4 Å². The fraction of sp³-hybridized carbons (Fsp3) is 0.263. The molecule has 7 heteroatoms. The van der Waals surface area contributed by atoms with Crippen LogP contribution in [0.5, 0.6) is 11.5 Å². The maximum Gasteiger partial charge on any atom is 0.338 e. The van der Waals surface area contributed by atoms with E-state index in [2.05, 4.69) is 22.6 Å². The molecule has 0 aliphatic heterocycles. The molecule has 0 atom stereocenters. The van der Waals surface area contributed by atoms with Crippen LogP contribution < -0.4 is 9.47 Å². The van der Waals surface area contributed by atoms with Crippen molar-refractivity contribution in [3.05, 3.63) is 56.1 Å². The number of ether oxygens (including phenoxy) is 3. The SMILES string of the molecule is CCOc1cc(C(=O)OCC(=O)c2ccc(Cl)cc2)cc(I)c1OCC. The first-order chi connectivity index (χ1) is 12.5. The second-order valence-electron chi connectivity index (χ2n) is 5.16. The highest BCUT2D eigenvalue weighted by Gasteiger charge is 2.18. The molecule has 0 amide bonds. The Hall–Kier alpha value is -1.80. The molecule has 5 nitrogen and oxygen atoms in total. The maximum absolute atomic E-state index is 12.3. The summed E-state index contributed by atoms with van der Waals surface area (Å²) in [5.74, 6) is 0.149. The first-order valence-electron chi connectivity index (χ1n) is 8.01. The Labute approximate surface area is 170 Å². The van der Waals surface area contributed by atoms with E-state index in [4.69, 9.17) is 25.8 Å². The van der Waals surface area contributed by atoms with Crippen LogP contribution in [0, 0.1) is 3.57 Å². The van der Waals surface area contributed by atoms with E-state index in [9.17, 15) is 9.59 Å². The lowest BCUT2D eigenvalue weighted by atomic mass is 10.1. The molecule has 26 heavy (non-hydrogen) atoms. The first-order valence-corrected chi connectivity index (χ1v) is 9.47. The zero-order valence-corrected chi connectivity index (χ0v) is 17.3. The molecule has 0 radical (unpaired) electrons. The summed E-state index contributed by atoms with van der Waals surface area (Å²) in [6, 6.07) is 9.60. The van der Waals surface area contributed by atoms with E-state index in [-0.39, 0.29) is 12.4 Å². The van der Waals surface area contributed by atoms with Crippen molar-refractivity contribution in [3.8, 4) is 11.5 Å². The Morgan fingerprint density at radius 2 is 1.65 bits per heavy atom. The van der Waals surface area contributed by atoms with Gasteiger partial charge in [0.15, 0.2) is 23.9 Å². The number of benzene rings is 2. The maximum atomic E-state index is 12.3. The minimum absolute atomic E-state index is 0.296. The molecule has 0 bridgehead atoms. The summed E-state index contributed by atoms with van der Waals surface area (Å²) in [7, 11) is 0. The standard InChI is InChI=1S/C19H18ClIO5/c1-3-24-17-10-13(9-15(21)18(17)25-4-2)19(23)26-11-16(22)12-5-7-14(20)8-6-12/h5-10H,3-4,11H2,1-2H3. The Balaban J connectivity index is 2.11. The summed E-state index contributed by atoms with van der Waals surface area (Å²) in [5.41, 5.74) is 0.726. The molecule has 0 aliphatic rings. The molecule has 0 saturated carbocycles. The Morgan fingerprint density at radius 1 is 1.00 bits per heavy atom. The predicted octanol–water partition coefficient (Wildman–Crippen LogP) is 4.78. The first kappa shape index (κ1) is 20.5. The number of rotatable bonds is 8. The molecule has 2 aromatic rings. The summed E-state index contributed by atoms with van der Waals surface area (Å²) >= 11 is 7.86. The molecule has 0 saturated heterocycles. The zero-order chi connectivity index (χ0) is 19.1. The number of hydrogen-bond donors (Lipinski definition) is 0. The second-order valence-corrected chi connectivity index (χ2v) is 6.76. The van der Waals surface area contributed by atoms with Gasteiger partial charge in [-0.1, -0.05) is 11.6 Å². The van der Waals surface area contributed by atoms with E-state index in [1.54, 1.807) is 36.4 Å². The Bertz CT molecular complexity index is 789. The van der Waals surface area contributed by atoms with Gasteiger partial charge < -0.3 is 14.2 Å². The van der Waals surface area contributed by atoms with Crippen molar-refractivity contribution in [2.75, 3.05) is 19.8 Å². The number of carbonyl (C=O) groups is 2. The van der Waals surface area contributed by atoms with Gasteiger partial charge in [-0.2, -0.15) is 0 Å². The minimum atomic E-state index is -0.603. The highest BCUT2D eigenvalue weighted by Crippen LogP contribution is 2.34. The normalized spacial score (nSPS) is 10.3. The summed E-state index contributed by atoms with van der Waals surface area (Å²) in [5, 5.41) is 0.533. The number of Topliss-reactive ketones (excluding diaryl/α,β-unsaturated/α-hetero) is 1. The summed E-state index contributed by atoms with van der Waals surface area (Å²) in [6.07, 6.45) is 0. The molecule has 0 heterocycles. The van der Waals surface area contributed by atoms with Gasteiger partial charge in [-0.25, -0.2) is 4.79 Å². The van der Waals surface area contributed by atoms with Crippen molar-refractivity contribution in [1.82, 2.24) is 0 Å². The highest BCUT2D eigenvalue weighted by atomic mass is 127. The molecular weight excluding hydrogens is 471 g/mol. The van der Waals surface area contributed by atoms with E-state index < -0.39 is 5.97 Å². The highest BCUT2D eigenvalue weighted by molar-refractivity contribution is 14.1. The monoisotopic (exact) mass is 488 g/mol. The van der Waals surface area contributed by atoms with Crippen LogP contribution in [0.1, 0.15) is 34.6 Å². The predicted molar refractivity (Wildman–Crippen MR) is 108 cm³/mol. The Kier molecular flexibility index (Phi) is 7.71. The van der Waals surface area contributed by atoms with Gasteiger partial charge >= 0.3 is 5.97 Å². The molecular formula is C19H18ClIO5. The number of esters is 1. The van der Waals surface area contributed by atoms with Crippen molar-refractivity contribution >= 4 is 45.9 Å². The lowest BCUT2D eigenvalue weighted by Crippen LogP contribution is -2.15. The van der Waals surface area contributed by atoms with Gasteiger partial charge in [0.1, 0.15) is 0 Å². The van der Waals surface area contributed by atoms with Crippen LogP contribution in [0.2, 0.25) is 5.02 Å². The molecule has 0 spiro atoms. The molecule has 0 unspecified atom stereocenters. The topological polar surface area (TPSA) is 61.8 Å². The molecule has 0 aliphatic carbocycles.